The minimum Gasteiger partial charge on any atom is -0.303 e. The normalized spacial score (nSPS) is 31.9. The second kappa shape index (κ2) is 3.11. The molecule has 0 bridgehead atoms. The molecule has 1 aliphatic rings. The molecule has 1 fully saturated rings. The van der Waals surface area contributed by atoms with Gasteiger partial charge in [0, 0.05) is 6.54 Å². The predicted molar refractivity (Wildman–Crippen MR) is 44.0 cm³/mol. The largest absolute Gasteiger partial charge is 0.303 e. The third-order valence-electron chi connectivity index (χ3n) is 1.47. The van der Waals surface area contributed by atoms with Crippen LogP contribution in [-0.2, 0) is 9.84 Å². The smallest absolute Gasteiger partial charge is 0.153 e. The van der Waals surface area contributed by atoms with Gasteiger partial charge in [-0.3, -0.25) is 0 Å². The molecule has 1 N–H and O–H groups in total. The summed E-state index contributed by atoms with van der Waals surface area (Å²) >= 11 is 1.56. The molecule has 1 saturated heterocycles. The minimum absolute atomic E-state index is 0.110. The maximum Gasteiger partial charge on any atom is 0.153 e. The molecule has 0 radical (unpaired) electrons. The first-order valence-electron chi connectivity index (χ1n) is 3.11. The van der Waals surface area contributed by atoms with Crippen molar-refractivity contribution in [2.75, 3.05) is 24.3 Å². The van der Waals surface area contributed by atoms with Crippen LogP contribution in [-0.4, -0.2) is 38.1 Å². The fraction of sp³-hybridized carbons (Fsp3) is 1.00. The molecule has 0 amide bonds. The zero-order valence-electron chi connectivity index (χ0n) is 5.83. The molecule has 1 heterocycles. The fourth-order valence-corrected chi connectivity index (χ4v) is 3.53. The molecule has 0 aromatic heterocycles. The van der Waals surface area contributed by atoms with E-state index in [2.05, 4.69) is 5.32 Å². The van der Waals surface area contributed by atoms with Crippen LogP contribution in [0.5, 0.6) is 0 Å². The average molecular weight is 181 g/mol. The van der Waals surface area contributed by atoms with Gasteiger partial charge in [-0.1, -0.05) is 0 Å². The summed E-state index contributed by atoms with van der Waals surface area (Å²) in [6.07, 6.45) is 1.92. The lowest BCUT2D eigenvalue weighted by atomic mass is 10.6. The highest BCUT2D eigenvalue weighted by atomic mass is 32.2. The van der Waals surface area contributed by atoms with Crippen molar-refractivity contribution >= 4 is 21.6 Å². The van der Waals surface area contributed by atoms with Crippen molar-refractivity contribution in [3.05, 3.63) is 0 Å². The van der Waals surface area contributed by atoms with Gasteiger partial charge in [0.25, 0.3) is 0 Å². The first-order valence-corrected chi connectivity index (χ1v) is 6.21. The Hall–Kier alpha value is 0.260. The molecule has 1 unspecified atom stereocenters. The highest BCUT2D eigenvalue weighted by Crippen LogP contribution is 2.10. The molecular formula is C5H11NO2S2. The average Bonchev–Trinajstić information content (AvgIpc) is 1.86. The molecule has 0 aromatic rings. The van der Waals surface area contributed by atoms with Crippen LogP contribution in [0, 0.1) is 0 Å². The highest BCUT2D eigenvalue weighted by Gasteiger charge is 2.22. The number of hydrogen-bond acceptors (Lipinski definition) is 4. The minimum atomic E-state index is -2.73. The number of hydrogen-bond donors (Lipinski definition) is 1. The van der Waals surface area contributed by atoms with Gasteiger partial charge in [-0.05, 0) is 6.26 Å². The van der Waals surface area contributed by atoms with Crippen molar-refractivity contribution in [3.63, 3.8) is 0 Å². The molecular weight excluding hydrogens is 170 g/mol. The lowest BCUT2D eigenvalue weighted by molar-refractivity contribution is 0.571. The third-order valence-corrected chi connectivity index (χ3v) is 4.26. The van der Waals surface area contributed by atoms with E-state index >= 15 is 0 Å². The van der Waals surface area contributed by atoms with E-state index in [-0.39, 0.29) is 11.1 Å². The highest BCUT2D eigenvalue weighted by molar-refractivity contribution is 8.00. The number of rotatable bonds is 1. The number of nitrogens with one attached hydrogen (secondary N) is 1. The standard InChI is InChI=1S/C5H11NO2S2/c1-9-5-4-10(7,8)3-2-6-5/h5-6H,2-4H2,1H3. The molecule has 60 valence electrons. The molecule has 0 spiro atoms. The summed E-state index contributed by atoms with van der Waals surface area (Å²) in [5, 5.41) is 3.22. The van der Waals surface area contributed by atoms with E-state index in [1.54, 1.807) is 11.8 Å². The van der Waals surface area contributed by atoms with Crippen molar-refractivity contribution in [2.45, 2.75) is 5.37 Å². The van der Waals surface area contributed by atoms with Crippen molar-refractivity contribution in [1.29, 1.82) is 0 Å². The number of sulfone groups is 1. The zero-order chi connectivity index (χ0) is 7.61. The van der Waals surface area contributed by atoms with Gasteiger partial charge >= 0.3 is 0 Å². The first kappa shape index (κ1) is 8.36. The van der Waals surface area contributed by atoms with Crippen LogP contribution in [0.15, 0.2) is 0 Å². The van der Waals surface area contributed by atoms with Crippen LogP contribution in [0.25, 0.3) is 0 Å². The van der Waals surface area contributed by atoms with Gasteiger partial charge in [0.1, 0.15) is 0 Å². The summed E-state index contributed by atoms with van der Waals surface area (Å²) in [4.78, 5) is 0. The SMILES string of the molecule is CSC1CS(=O)(=O)CCN1. The first-order chi connectivity index (χ1) is 4.64. The van der Waals surface area contributed by atoms with E-state index < -0.39 is 9.84 Å². The van der Waals surface area contributed by atoms with Crippen LogP contribution in [0.2, 0.25) is 0 Å². The molecule has 0 aliphatic carbocycles. The van der Waals surface area contributed by atoms with E-state index in [4.69, 9.17) is 0 Å². The van der Waals surface area contributed by atoms with Crippen LogP contribution >= 0.6 is 11.8 Å². The Balaban J connectivity index is 2.56. The lowest BCUT2D eigenvalue weighted by Gasteiger charge is -2.21. The van der Waals surface area contributed by atoms with Gasteiger partial charge in [-0.2, -0.15) is 0 Å². The summed E-state index contributed by atoms with van der Waals surface area (Å²) in [5.41, 5.74) is 0. The van der Waals surface area contributed by atoms with Crippen LogP contribution in [0.3, 0.4) is 0 Å². The maximum absolute atomic E-state index is 11.0. The van der Waals surface area contributed by atoms with E-state index in [0.717, 1.165) is 0 Å². The summed E-state index contributed by atoms with van der Waals surface area (Å²) in [6.45, 7) is 0.605. The van der Waals surface area contributed by atoms with Gasteiger partial charge in [0.15, 0.2) is 9.84 Å². The van der Waals surface area contributed by atoms with Gasteiger partial charge in [0.05, 0.1) is 16.9 Å². The van der Waals surface area contributed by atoms with E-state index in [9.17, 15) is 8.42 Å². The van der Waals surface area contributed by atoms with Gasteiger partial charge < -0.3 is 5.32 Å². The molecule has 1 aliphatic heterocycles. The van der Waals surface area contributed by atoms with Crippen LogP contribution in [0.4, 0.5) is 0 Å². The second-order valence-electron chi connectivity index (χ2n) is 2.29. The topological polar surface area (TPSA) is 46.2 Å². The van der Waals surface area contributed by atoms with E-state index in [1.807, 2.05) is 6.26 Å². The van der Waals surface area contributed by atoms with Crippen molar-refractivity contribution in [1.82, 2.24) is 5.32 Å². The predicted octanol–water partition coefficient (Wildman–Crippen LogP) is -0.306. The molecule has 0 saturated carbocycles. The summed E-state index contributed by atoms with van der Waals surface area (Å²) < 4.78 is 21.9. The lowest BCUT2D eigenvalue weighted by Crippen LogP contribution is -2.42. The molecule has 3 nitrogen and oxygen atoms in total. The zero-order valence-corrected chi connectivity index (χ0v) is 7.46. The Morgan fingerprint density at radius 3 is 2.70 bits per heavy atom. The Bertz CT molecular complexity index is 200. The van der Waals surface area contributed by atoms with E-state index in [1.165, 1.54) is 0 Å². The number of thioether (sulfide) groups is 1. The maximum atomic E-state index is 11.0. The van der Waals surface area contributed by atoms with Gasteiger partial charge in [-0.15, -0.1) is 11.8 Å². The van der Waals surface area contributed by atoms with Crippen molar-refractivity contribution in [2.24, 2.45) is 0 Å². The Kier molecular flexibility index (Phi) is 2.60. The summed E-state index contributed by atoms with van der Waals surface area (Å²) in [6, 6.07) is 0. The molecule has 5 heteroatoms. The fourth-order valence-electron chi connectivity index (χ4n) is 0.900. The Morgan fingerprint density at radius 2 is 2.30 bits per heavy atom. The monoisotopic (exact) mass is 181 g/mol. The van der Waals surface area contributed by atoms with Gasteiger partial charge in [-0.25, -0.2) is 8.42 Å². The third kappa shape index (κ3) is 2.14. The Labute approximate surface area is 65.5 Å². The summed E-state index contributed by atoms with van der Waals surface area (Å²) in [7, 11) is -2.73. The molecule has 0 aromatic carbocycles. The second-order valence-corrected chi connectivity index (χ2v) is 5.56. The molecule has 1 atom stereocenters. The van der Waals surface area contributed by atoms with Crippen LogP contribution < -0.4 is 5.32 Å². The van der Waals surface area contributed by atoms with Crippen molar-refractivity contribution in [3.8, 4) is 0 Å². The van der Waals surface area contributed by atoms with Crippen LogP contribution in [0.1, 0.15) is 0 Å². The van der Waals surface area contributed by atoms with Gasteiger partial charge in [0.2, 0.25) is 0 Å². The molecule has 10 heavy (non-hydrogen) atoms. The molecule has 1 rings (SSSR count). The quantitative estimate of drug-likeness (QED) is 0.603. The van der Waals surface area contributed by atoms with Crippen molar-refractivity contribution < 1.29 is 8.42 Å². The van der Waals surface area contributed by atoms with E-state index in [0.29, 0.717) is 12.3 Å². The Morgan fingerprint density at radius 1 is 1.60 bits per heavy atom. The summed E-state index contributed by atoms with van der Waals surface area (Å²) in [5.74, 6) is 0.582.